The van der Waals surface area contributed by atoms with Crippen molar-refractivity contribution in [2.75, 3.05) is 0 Å². The molecule has 0 saturated heterocycles. The number of fused-ring (bicyclic) bond motifs is 1. The second-order valence-corrected chi connectivity index (χ2v) is 3.51. The summed E-state index contributed by atoms with van der Waals surface area (Å²) in [4.78, 5) is 16.2. The zero-order valence-corrected chi connectivity index (χ0v) is 8.82. The topological polar surface area (TPSA) is 60.2 Å². The average Bonchev–Trinajstić information content (AvgIpc) is 2.83. The van der Waals surface area contributed by atoms with Crippen LogP contribution in [0.4, 0.5) is 0 Å². The summed E-state index contributed by atoms with van der Waals surface area (Å²) in [5, 5.41) is 7.78. The van der Waals surface area contributed by atoms with Crippen LogP contribution in [0.3, 0.4) is 0 Å². The highest BCUT2D eigenvalue weighted by Gasteiger charge is 2.16. The third-order valence-electron chi connectivity index (χ3n) is 2.44. The zero-order valence-electron chi connectivity index (χ0n) is 8.82. The van der Waals surface area contributed by atoms with Gasteiger partial charge in [-0.1, -0.05) is 17.3 Å². The number of aromatic nitrogens is 4. The van der Waals surface area contributed by atoms with Crippen molar-refractivity contribution in [3.63, 3.8) is 0 Å². The normalized spacial score (nSPS) is 10.6. The van der Waals surface area contributed by atoms with Crippen LogP contribution >= 0.6 is 0 Å². The van der Waals surface area contributed by atoms with Gasteiger partial charge in [0.1, 0.15) is 5.69 Å². The number of carbonyl (C=O) groups is 1. The van der Waals surface area contributed by atoms with Gasteiger partial charge in [-0.05, 0) is 24.3 Å². The molecule has 3 aromatic heterocycles. The molecule has 0 bridgehead atoms. The zero-order chi connectivity index (χ0) is 11.7. The molecule has 0 unspecified atom stereocenters. The van der Waals surface area contributed by atoms with Crippen molar-refractivity contribution in [2.24, 2.45) is 0 Å². The maximum Gasteiger partial charge on any atom is 0.233 e. The molecule has 0 aliphatic heterocycles. The Bertz CT molecular complexity index is 675. The highest BCUT2D eigenvalue weighted by molar-refractivity contribution is 6.10. The lowest BCUT2D eigenvalue weighted by atomic mass is 10.2. The molecule has 3 aromatic rings. The molecular formula is C12H8N4O. The third kappa shape index (κ3) is 1.57. The predicted molar refractivity (Wildman–Crippen MR) is 60.7 cm³/mol. The number of nitrogens with zero attached hydrogens (tertiary/aromatic N) is 4. The van der Waals surface area contributed by atoms with Crippen molar-refractivity contribution in [2.45, 2.75) is 0 Å². The van der Waals surface area contributed by atoms with Crippen LogP contribution in [-0.4, -0.2) is 25.6 Å². The van der Waals surface area contributed by atoms with Crippen molar-refractivity contribution in [1.29, 1.82) is 0 Å². The quantitative estimate of drug-likeness (QED) is 0.616. The first-order chi connectivity index (χ1) is 8.36. The van der Waals surface area contributed by atoms with Crippen LogP contribution in [0.1, 0.15) is 16.2 Å². The Morgan fingerprint density at radius 3 is 2.82 bits per heavy atom. The molecule has 0 aromatic carbocycles. The Morgan fingerprint density at radius 1 is 1.12 bits per heavy atom. The van der Waals surface area contributed by atoms with Crippen molar-refractivity contribution in [1.82, 2.24) is 19.8 Å². The van der Waals surface area contributed by atoms with E-state index in [0.29, 0.717) is 16.9 Å². The number of hydrogen-bond donors (Lipinski definition) is 0. The first-order valence-electron chi connectivity index (χ1n) is 5.12. The van der Waals surface area contributed by atoms with E-state index in [-0.39, 0.29) is 5.78 Å². The molecule has 0 aliphatic carbocycles. The van der Waals surface area contributed by atoms with Crippen LogP contribution in [0.15, 0.2) is 48.8 Å². The molecule has 0 amide bonds. The van der Waals surface area contributed by atoms with Gasteiger partial charge in [0, 0.05) is 12.4 Å². The predicted octanol–water partition coefficient (Wildman–Crippen LogP) is 1.36. The van der Waals surface area contributed by atoms with Crippen LogP contribution in [0, 0.1) is 0 Å². The molecule has 0 atom stereocenters. The molecule has 3 rings (SSSR count). The number of carbonyl (C=O) groups excluding carboxylic acids is 1. The van der Waals surface area contributed by atoms with Crippen molar-refractivity contribution in [3.05, 3.63) is 60.2 Å². The summed E-state index contributed by atoms with van der Waals surface area (Å²) in [6, 6.07) is 10.7. The molecule has 0 spiro atoms. The van der Waals surface area contributed by atoms with Gasteiger partial charge in [0.25, 0.3) is 0 Å². The second-order valence-electron chi connectivity index (χ2n) is 3.51. The van der Waals surface area contributed by atoms with E-state index in [9.17, 15) is 4.79 Å². The molecule has 0 radical (unpaired) electrons. The summed E-state index contributed by atoms with van der Waals surface area (Å²) in [5.74, 6) is -0.216. The smallest absolute Gasteiger partial charge is 0.233 e. The summed E-state index contributed by atoms with van der Waals surface area (Å²) < 4.78 is 1.57. The molecule has 17 heavy (non-hydrogen) atoms. The van der Waals surface area contributed by atoms with E-state index in [0.717, 1.165) is 0 Å². The van der Waals surface area contributed by atoms with Gasteiger partial charge in [-0.15, -0.1) is 5.10 Å². The SMILES string of the molecule is O=C(c1ccccn1)c1nnn2ccccc12. The lowest BCUT2D eigenvalue weighted by molar-refractivity contribution is 0.103. The lowest BCUT2D eigenvalue weighted by Gasteiger charge is -1.96. The van der Waals surface area contributed by atoms with E-state index < -0.39 is 0 Å². The van der Waals surface area contributed by atoms with Gasteiger partial charge >= 0.3 is 0 Å². The largest absolute Gasteiger partial charge is 0.285 e. The lowest BCUT2D eigenvalue weighted by Crippen LogP contribution is -2.04. The molecule has 82 valence electrons. The van der Waals surface area contributed by atoms with Crippen LogP contribution in [0.2, 0.25) is 0 Å². The van der Waals surface area contributed by atoms with Gasteiger partial charge in [0.2, 0.25) is 5.78 Å². The van der Waals surface area contributed by atoms with E-state index in [1.807, 2.05) is 12.1 Å². The summed E-state index contributed by atoms with van der Waals surface area (Å²) >= 11 is 0. The summed E-state index contributed by atoms with van der Waals surface area (Å²) in [6.07, 6.45) is 3.33. The van der Waals surface area contributed by atoms with Crippen molar-refractivity contribution < 1.29 is 4.79 Å². The highest BCUT2D eigenvalue weighted by atomic mass is 16.1. The Balaban J connectivity index is 2.14. The maximum atomic E-state index is 12.1. The van der Waals surface area contributed by atoms with Gasteiger partial charge < -0.3 is 0 Å². The molecule has 0 aliphatic rings. The number of ketones is 1. The first kappa shape index (κ1) is 9.65. The van der Waals surface area contributed by atoms with Crippen LogP contribution in [-0.2, 0) is 0 Å². The maximum absolute atomic E-state index is 12.1. The van der Waals surface area contributed by atoms with Crippen LogP contribution < -0.4 is 0 Å². The summed E-state index contributed by atoms with van der Waals surface area (Å²) in [5.41, 5.74) is 1.38. The van der Waals surface area contributed by atoms with Crippen LogP contribution in [0.5, 0.6) is 0 Å². The number of pyridine rings is 2. The molecule has 3 heterocycles. The molecule has 5 heteroatoms. The minimum absolute atomic E-state index is 0.216. The fourth-order valence-corrected chi connectivity index (χ4v) is 1.62. The second kappa shape index (κ2) is 3.79. The Kier molecular flexibility index (Phi) is 2.15. The van der Waals surface area contributed by atoms with Crippen LogP contribution in [0.25, 0.3) is 5.52 Å². The van der Waals surface area contributed by atoms with Gasteiger partial charge in [0.05, 0.1) is 5.52 Å². The van der Waals surface area contributed by atoms with Crippen molar-refractivity contribution in [3.8, 4) is 0 Å². The molecule has 5 nitrogen and oxygen atoms in total. The summed E-state index contributed by atoms with van der Waals surface area (Å²) in [6.45, 7) is 0. The molecular weight excluding hydrogens is 216 g/mol. The van der Waals surface area contributed by atoms with E-state index in [4.69, 9.17) is 0 Å². The van der Waals surface area contributed by atoms with E-state index in [1.165, 1.54) is 0 Å². The van der Waals surface area contributed by atoms with Gasteiger partial charge in [0.15, 0.2) is 5.69 Å². The minimum Gasteiger partial charge on any atom is -0.285 e. The Hall–Kier alpha value is -2.56. The van der Waals surface area contributed by atoms with E-state index >= 15 is 0 Å². The van der Waals surface area contributed by atoms with E-state index in [1.54, 1.807) is 41.2 Å². The highest BCUT2D eigenvalue weighted by Crippen LogP contribution is 2.11. The fourth-order valence-electron chi connectivity index (χ4n) is 1.62. The minimum atomic E-state index is -0.216. The van der Waals surface area contributed by atoms with Gasteiger partial charge in [-0.2, -0.15) is 0 Å². The molecule has 0 saturated carbocycles. The molecule has 0 N–H and O–H groups in total. The van der Waals surface area contributed by atoms with E-state index in [2.05, 4.69) is 15.3 Å². The standard InChI is InChI=1S/C12H8N4O/c17-12(9-5-1-3-7-13-9)11-10-6-2-4-8-16(10)15-14-11/h1-8H. The van der Waals surface area contributed by atoms with Gasteiger partial charge in [-0.3, -0.25) is 9.78 Å². The van der Waals surface area contributed by atoms with Gasteiger partial charge in [-0.25, -0.2) is 4.52 Å². The number of rotatable bonds is 2. The number of hydrogen-bond acceptors (Lipinski definition) is 4. The Morgan fingerprint density at radius 2 is 2.00 bits per heavy atom. The summed E-state index contributed by atoms with van der Waals surface area (Å²) in [7, 11) is 0. The molecule has 0 fully saturated rings. The third-order valence-corrected chi connectivity index (χ3v) is 2.44. The fraction of sp³-hybridized carbons (Fsp3) is 0. The Labute approximate surface area is 96.7 Å². The average molecular weight is 224 g/mol. The monoisotopic (exact) mass is 224 g/mol. The van der Waals surface area contributed by atoms with Crippen molar-refractivity contribution >= 4 is 11.3 Å². The first-order valence-corrected chi connectivity index (χ1v) is 5.12.